The predicted octanol–water partition coefficient (Wildman–Crippen LogP) is -4.40. The number of aliphatic hydroxyl groups is 1. The lowest BCUT2D eigenvalue weighted by atomic mass is 9.96. The van der Waals surface area contributed by atoms with Crippen LogP contribution in [0.15, 0.2) is 0 Å². The molecule has 0 bridgehead atoms. The summed E-state index contributed by atoms with van der Waals surface area (Å²) in [7, 11) is 0. The summed E-state index contributed by atoms with van der Waals surface area (Å²) in [6.07, 6.45) is -1.09. The first-order valence-corrected chi connectivity index (χ1v) is 45.5. The van der Waals surface area contributed by atoms with E-state index in [1.165, 1.54) is 162 Å². The molecule has 0 saturated carbocycles. The molecular formula is C89H152N22O25. The van der Waals surface area contributed by atoms with Crippen LogP contribution in [0.2, 0.25) is 0 Å². The van der Waals surface area contributed by atoms with Crippen LogP contribution in [0.25, 0.3) is 0 Å². The van der Waals surface area contributed by atoms with Crippen LogP contribution in [0.5, 0.6) is 0 Å². The van der Waals surface area contributed by atoms with Crippen LogP contribution in [0.1, 0.15) is 271 Å². The molecule has 0 spiro atoms. The fraction of sp³-hybridized carbons (Fsp3) is 0.742. The molecule has 0 aromatic rings. The van der Waals surface area contributed by atoms with Gasteiger partial charge in [-0.15, -0.1) is 0 Å². The molecule has 47 nitrogen and oxygen atoms in total. The first-order valence-electron chi connectivity index (χ1n) is 45.5. The maximum absolute atomic E-state index is 14.5. The molecule has 0 aliphatic carbocycles. The van der Waals surface area contributed by atoms with Crippen LogP contribution in [0.4, 0.5) is 0 Å². The summed E-state index contributed by atoms with van der Waals surface area (Å²) in [6.45, 7) is 38.1. The average molecular weight is 1930 g/mol. The molecule has 136 heavy (non-hydrogen) atoms. The van der Waals surface area contributed by atoms with Gasteiger partial charge in [0.25, 0.3) is 0 Å². The molecule has 0 radical (unpaired) electrons. The number of aliphatic hydroxyl groups excluding tert-OH is 1. The summed E-state index contributed by atoms with van der Waals surface area (Å²) in [5.74, 6) is -21.3. The molecule has 2 aliphatic rings. The molecule has 47 heteroatoms. The Balaban J connectivity index is 2.16. The van der Waals surface area contributed by atoms with Crippen molar-refractivity contribution in [2.24, 2.45) is 29.2 Å². The van der Waals surface area contributed by atoms with E-state index in [2.05, 4.69) is 95.7 Å². The van der Waals surface area contributed by atoms with Crippen LogP contribution >= 0.6 is 0 Å². The lowest BCUT2D eigenvalue weighted by Crippen LogP contribution is -2.67. The third-order valence-electron chi connectivity index (χ3n) is 23.1. The number of carboxylic acid groups (broad SMARTS) is 1. The summed E-state index contributed by atoms with van der Waals surface area (Å²) in [5, 5.41) is 65.2. The molecular weight excluding hydrogens is 1780 g/mol. The molecule has 0 aromatic heterocycles. The Morgan fingerprint density at radius 2 is 0.713 bits per heavy atom. The van der Waals surface area contributed by atoms with Crippen molar-refractivity contribution in [2.75, 3.05) is 26.2 Å². The molecule has 2 fully saturated rings. The number of amides is 22. The topological polar surface area (TPSA) is 708 Å². The highest BCUT2D eigenvalue weighted by atomic mass is 16.4. The average Bonchev–Trinajstić information content (AvgIpc) is 1.61. The van der Waals surface area contributed by atoms with Crippen LogP contribution in [-0.2, 0) is 110 Å². The fourth-order valence-corrected chi connectivity index (χ4v) is 14.2. The van der Waals surface area contributed by atoms with Crippen molar-refractivity contribution in [3.8, 4) is 0 Å². The van der Waals surface area contributed by atoms with Crippen LogP contribution in [0, 0.1) is 17.8 Å². The molecule has 10 unspecified atom stereocenters. The van der Waals surface area contributed by atoms with Crippen molar-refractivity contribution in [3.05, 3.63) is 0 Å². The lowest BCUT2D eigenvalue weighted by molar-refractivity contribution is -0.146. The number of aliphatic carboxylic acids is 1. The highest BCUT2D eigenvalue weighted by Crippen LogP contribution is 2.27. The minimum absolute atomic E-state index is 0.0197. The van der Waals surface area contributed by atoms with E-state index in [1.807, 2.05) is 6.92 Å². The number of nitrogens with two attached hydrogens (primary N) is 2. The molecule has 24 N–H and O–H groups in total. The van der Waals surface area contributed by atoms with Crippen molar-refractivity contribution < 1.29 is 120 Å². The van der Waals surface area contributed by atoms with Crippen molar-refractivity contribution in [3.63, 3.8) is 0 Å². The van der Waals surface area contributed by atoms with Crippen molar-refractivity contribution in [2.45, 2.75) is 381 Å². The van der Waals surface area contributed by atoms with Crippen molar-refractivity contribution in [1.82, 2.24) is 106 Å². The summed E-state index contributed by atoms with van der Waals surface area (Å²) in [4.78, 5) is 315. The second kappa shape index (κ2) is 49.0. The summed E-state index contributed by atoms with van der Waals surface area (Å²) in [5.41, 5.74) is -7.00. The number of nitrogens with one attached hydrogen (secondary N) is 18. The molecule has 2 aliphatic heterocycles. The number of primary amides is 2. The van der Waals surface area contributed by atoms with Gasteiger partial charge in [-0.3, -0.25) is 110 Å². The zero-order valence-electron chi connectivity index (χ0n) is 84.1. The standard InChI is InChI=1S/C89H152N22O25/c1-29-47(6)54(44-112)95-63(120)50(34-37-57(90)114)94-64(121)51(36-39-60(117)118)96-73(130)83(15,16)108-77(134)87(23,24)106-69(126)61(46(4)5)99-67(124)55-32-30-40-110(55)79(136)89(27,28)109-75(132)85(19,20)101-59(116)43-92-70(127)80(9,10)104-66(123)53(42-45(2)3)98-72(129)82(13,14)103-65(122)52(35-38-58(91)115)97-74(131)84(17,18)107-76(133)86(21,22)102-62(119)48(7)93-71(128)81(11,12)105-68(125)56-33-31-41-111(56)78(135)88(25,26)100-49(8)113/h45-48,50-56,61,112H,29-44H2,1-28H3,(H2,90,114)(H2,91,115)(H,92,127)(H,93,128)(H,94,121)(H,95,120)(H,96,130)(H,97,131)(H,98,129)(H,99,124)(H,100,113)(H,101,116)(H,102,119)(H,103,122)(H,104,123)(H,105,125)(H,106,126)(H,107,133)(H,108,134)(H,109,132)(H,117,118). The third-order valence-corrected chi connectivity index (χ3v) is 23.1. The van der Waals surface area contributed by atoms with E-state index in [9.17, 15) is 120 Å². The Morgan fingerprint density at radius 1 is 0.368 bits per heavy atom. The van der Waals surface area contributed by atoms with E-state index >= 15 is 0 Å². The smallest absolute Gasteiger partial charge is 0.303 e. The quantitative estimate of drug-likeness (QED) is 0.0273. The first kappa shape index (κ1) is 120. The van der Waals surface area contributed by atoms with Crippen LogP contribution in [0.3, 0.4) is 0 Å². The largest absolute Gasteiger partial charge is 0.481 e. The number of carboxylic acids is 1. The second-order valence-corrected chi connectivity index (χ2v) is 41.1. The van der Waals surface area contributed by atoms with E-state index in [4.69, 9.17) is 11.5 Å². The molecule has 0 aromatic carbocycles. The van der Waals surface area contributed by atoms with Gasteiger partial charge in [0.1, 0.15) is 104 Å². The molecule has 2 heterocycles. The Labute approximate surface area is 794 Å². The van der Waals surface area contributed by atoms with Crippen molar-refractivity contribution >= 4 is 136 Å². The molecule has 768 valence electrons. The van der Waals surface area contributed by atoms with Gasteiger partial charge in [-0.2, -0.15) is 0 Å². The van der Waals surface area contributed by atoms with E-state index < -0.39 is 290 Å². The number of hydrogen-bond acceptors (Lipinski definition) is 24. The normalized spacial score (nSPS) is 16.3. The zero-order valence-corrected chi connectivity index (χ0v) is 84.1. The highest BCUT2D eigenvalue weighted by molar-refractivity contribution is 6.05. The highest BCUT2D eigenvalue weighted by Gasteiger charge is 2.50. The summed E-state index contributed by atoms with van der Waals surface area (Å²) < 4.78 is 0. The maximum atomic E-state index is 14.5. The number of likely N-dealkylation sites (tertiary alicyclic amines) is 2. The van der Waals surface area contributed by atoms with Gasteiger partial charge in [-0.05, 0) is 215 Å². The minimum Gasteiger partial charge on any atom is -0.481 e. The fourth-order valence-electron chi connectivity index (χ4n) is 14.2. The Morgan fingerprint density at radius 3 is 1.13 bits per heavy atom. The van der Waals surface area contributed by atoms with Gasteiger partial charge >= 0.3 is 5.97 Å². The van der Waals surface area contributed by atoms with Gasteiger partial charge in [0.15, 0.2) is 0 Å². The minimum atomic E-state index is -1.92. The SMILES string of the molecule is CCC(C)C(CO)NC(=O)C(CCC(N)=O)NC(=O)C(CCC(=O)O)NC(=O)C(C)(C)NC(=O)C(C)(C)NC(=O)C(NC(=O)C1CCCN1C(=O)C(C)(C)NC(=O)C(C)(C)NC(=O)CNC(=O)C(C)(C)NC(=O)C(CC(C)C)NC(=O)C(C)(C)NC(=O)C(CCC(N)=O)NC(=O)C(C)(C)NC(=O)C(C)(C)NC(=O)C(C)NC(=O)C(C)(C)NC(=O)C1CCCN1C(=O)C(C)(C)NC(C)=O)C(C)C. The maximum Gasteiger partial charge on any atom is 0.303 e. The summed E-state index contributed by atoms with van der Waals surface area (Å²) >= 11 is 0. The third kappa shape index (κ3) is 36.1. The Kier molecular flexibility index (Phi) is 43.2. The molecule has 22 amide bonds. The molecule has 2 saturated heterocycles. The number of hydrogen-bond donors (Lipinski definition) is 22. The summed E-state index contributed by atoms with van der Waals surface area (Å²) in [6, 6.07) is -11.7. The lowest BCUT2D eigenvalue weighted by Gasteiger charge is -2.36. The zero-order chi connectivity index (χ0) is 105. The molecule has 10 atom stereocenters. The van der Waals surface area contributed by atoms with Gasteiger partial charge in [0.2, 0.25) is 130 Å². The second-order valence-electron chi connectivity index (χ2n) is 41.1. The van der Waals surface area contributed by atoms with Gasteiger partial charge in [0.05, 0.1) is 19.2 Å². The number of carbonyl (C=O) groups excluding carboxylic acids is 22. The van der Waals surface area contributed by atoms with Gasteiger partial charge in [-0.1, -0.05) is 48.0 Å². The first-order chi connectivity index (χ1) is 61.9. The van der Waals surface area contributed by atoms with Gasteiger partial charge in [-0.25, -0.2) is 0 Å². The monoisotopic (exact) mass is 1930 g/mol. The van der Waals surface area contributed by atoms with Crippen molar-refractivity contribution in [1.29, 1.82) is 0 Å². The van der Waals surface area contributed by atoms with Gasteiger partial charge < -0.3 is 127 Å². The van der Waals surface area contributed by atoms with Crippen LogP contribution < -0.4 is 107 Å². The Bertz CT molecular complexity index is 4480. The van der Waals surface area contributed by atoms with E-state index in [0.717, 1.165) is 0 Å². The van der Waals surface area contributed by atoms with E-state index in [1.54, 1.807) is 34.6 Å². The van der Waals surface area contributed by atoms with Gasteiger partial charge in [0, 0.05) is 39.3 Å². The molecule has 2 rings (SSSR count). The Hall–Kier alpha value is -12.2. The van der Waals surface area contributed by atoms with E-state index in [-0.39, 0.29) is 57.0 Å². The van der Waals surface area contributed by atoms with Crippen LogP contribution in [-0.4, -0.2) is 292 Å². The number of nitrogens with zero attached hydrogens (tertiary/aromatic N) is 2. The predicted molar refractivity (Wildman–Crippen MR) is 494 cm³/mol. The number of rotatable bonds is 52. The number of carbonyl (C=O) groups is 23. The van der Waals surface area contributed by atoms with E-state index in [0.29, 0.717) is 19.3 Å².